The van der Waals surface area contributed by atoms with E-state index in [0.29, 0.717) is 0 Å². The molecule has 4 aromatic carbocycles. The summed E-state index contributed by atoms with van der Waals surface area (Å²) < 4.78 is 2.45. The zero-order chi connectivity index (χ0) is 62.2. The fourth-order valence-electron chi connectivity index (χ4n) is 11.0. The summed E-state index contributed by atoms with van der Waals surface area (Å²) in [6, 6.07) is 35.9. The van der Waals surface area contributed by atoms with Crippen molar-refractivity contribution < 1.29 is 60.0 Å². The molecule has 4 heterocycles. The van der Waals surface area contributed by atoms with E-state index in [0.717, 1.165) is 85.0 Å². The molecule has 0 spiro atoms. The number of aliphatic hydroxyl groups is 2. The van der Waals surface area contributed by atoms with Crippen molar-refractivity contribution in [1.29, 1.82) is 0 Å². The van der Waals surface area contributed by atoms with E-state index in [9.17, 15) is 19.8 Å². The van der Waals surface area contributed by atoms with Gasteiger partial charge in [0.2, 0.25) is 0 Å². The van der Waals surface area contributed by atoms with Crippen LogP contribution in [-0.2, 0) is 55.2 Å². The summed E-state index contributed by atoms with van der Waals surface area (Å²) in [4.78, 5) is 35.5. The molecule has 0 saturated carbocycles. The summed E-state index contributed by atoms with van der Waals surface area (Å²) in [7, 11) is 0. The number of aliphatic hydroxyl groups excluding tert-OH is 2. The second-order valence-electron chi connectivity index (χ2n) is 24.1. The molecule has 0 aliphatic heterocycles. The van der Waals surface area contributed by atoms with Gasteiger partial charge >= 0.3 is 0 Å². The van der Waals surface area contributed by atoms with Gasteiger partial charge in [0.15, 0.2) is 11.6 Å². The maximum absolute atomic E-state index is 11.7. The van der Waals surface area contributed by atoms with E-state index in [1.807, 2.05) is 79.1 Å². The first kappa shape index (κ1) is 75.1. The van der Waals surface area contributed by atoms with Crippen LogP contribution in [0.25, 0.3) is 63.6 Å². The number of aromatic nitrogens is 2. The SMILES string of the molecule is CCC(CC)C(=O)C=C(O)C(CC)CC.CCC(CC)C(=O)C=C(O)C(CC)CC.Cc1[c-]c(-c2cc3cc(-c4c(C)cc(C(C)(C)C)cc4C)sc3cn2)cc(C)c1.Cc1[c-]c(-c2cc3cc(-c4cc(C)cc(C)c4)sc3cn2)cc(C)c1.[Ir].[Ir]. The van der Waals surface area contributed by atoms with Crippen molar-refractivity contribution in [3.05, 3.63) is 177 Å². The van der Waals surface area contributed by atoms with Crippen LogP contribution >= 0.6 is 22.7 Å². The van der Waals surface area contributed by atoms with Crippen molar-refractivity contribution >= 4 is 54.4 Å². The minimum absolute atomic E-state index is 0. The van der Waals surface area contributed by atoms with Gasteiger partial charge in [0, 0.05) is 98.2 Å². The quantitative estimate of drug-likeness (QED) is 0.0504. The van der Waals surface area contributed by atoms with Crippen LogP contribution in [0.3, 0.4) is 0 Å². The molecule has 0 aliphatic rings. The Morgan fingerprint density at radius 1 is 0.477 bits per heavy atom. The summed E-state index contributed by atoms with van der Waals surface area (Å²) in [5.74, 6) is 1.09. The Labute approximate surface area is 552 Å². The van der Waals surface area contributed by atoms with Crippen molar-refractivity contribution in [2.45, 2.75) is 188 Å². The van der Waals surface area contributed by atoms with E-state index >= 15 is 0 Å². The Balaban J connectivity index is 0.000000311. The van der Waals surface area contributed by atoms with E-state index in [1.54, 1.807) is 11.3 Å². The Hall–Kier alpha value is -5.18. The molecule has 0 unspecified atom stereocenters. The second kappa shape index (κ2) is 35.1. The number of pyridine rings is 2. The van der Waals surface area contributed by atoms with E-state index in [2.05, 4.69) is 172 Å². The molecule has 0 saturated heterocycles. The van der Waals surface area contributed by atoms with Crippen molar-refractivity contribution in [2.24, 2.45) is 23.7 Å². The van der Waals surface area contributed by atoms with E-state index in [-0.39, 0.29) is 92.4 Å². The van der Waals surface area contributed by atoms with Gasteiger partial charge in [-0.3, -0.25) is 9.59 Å². The first-order valence-corrected chi connectivity index (χ1v) is 32.3. The van der Waals surface area contributed by atoms with Gasteiger partial charge in [-0.2, -0.15) is 0 Å². The Morgan fingerprint density at radius 3 is 1.17 bits per heavy atom. The molecule has 466 valence electrons. The number of fused-ring (bicyclic) bond motifs is 2. The molecule has 4 aromatic heterocycles. The summed E-state index contributed by atoms with van der Waals surface area (Å²) in [6.45, 7) is 40.1. The fourth-order valence-corrected chi connectivity index (χ4v) is 13.2. The number of carbonyl (C=O) groups is 2. The summed E-state index contributed by atoms with van der Waals surface area (Å²) in [5, 5.41) is 22.0. The number of benzene rings is 4. The number of carbonyl (C=O) groups excluding carboxylic acids is 2. The summed E-state index contributed by atoms with van der Waals surface area (Å²) in [6.07, 6.45) is 13.8. The molecule has 0 aliphatic carbocycles. The molecular weight excluding hydrogens is 1450 g/mol. The minimum atomic E-state index is 0. The normalized spacial score (nSPS) is 11.7. The smallest absolute Gasteiger partial charge is 0.162 e. The van der Waals surface area contributed by atoms with Crippen molar-refractivity contribution in [2.75, 3.05) is 0 Å². The number of ketones is 2. The Kier molecular flexibility index (Phi) is 30.7. The molecule has 8 aromatic rings. The maximum atomic E-state index is 11.7. The van der Waals surface area contributed by atoms with Crippen LogP contribution in [0.4, 0.5) is 0 Å². The Morgan fingerprint density at radius 2 is 0.826 bits per heavy atom. The minimum Gasteiger partial charge on any atom is -0.512 e. The molecule has 8 rings (SSSR count). The van der Waals surface area contributed by atoms with Gasteiger partial charge in [0.1, 0.15) is 0 Å². The number of nitrogens with zero attached hydrogens (tertiary/aromatic N) is 2. The monoisotopic (exact) mass is 1550 g/mol. The zero-order valence-corrected chi connectivity index (χ0v) is 61.3. The van der Waals surface area contributed by atoms with Gasteiger partial charge in [0.05, 0.1) is 20.9 Å². The molecule has 86 heavy (non-hydrogen) atoms. The topological polar surface area (TPSA) is 100 Å². The van der Waals surface area contributed by atoms with Crippen molar-refractivity contribution in [3.63, 3.8) is 0 Å². The van der Waals surface area contributed by atoms with Gasteiger partial charge in [-0.1, -0.05) is 157 Å². The third-order valence-corrected chi connectivity index (χ3v) is 18.2. The number of allylic oxidation sites excluding steroid dienone is 4. The average molecular weight is 1550 g/mol. The molecular formula is C76H96Ir2N2O4S2-2. The predicted molar refractivity (Wildman–Crippen MR) is 363 cm³/mol. The molecule has 0 fully saturated rings. The van der Waals surface area contributed by atoms with Gasteiger partial charge < -0.3 is 20.2 Å². The van der Waals surface area contributed by atoms with Crippen LogP contribution in [0.1, 0.15) is 178 Å². The third-order valence-electron chi connectivity index (χ3n) is 16.0. The van der Waals surface area contributed by atoms with E-state index in [1.165, 1.54) is 92.1 Å². The number of rotatable bonds is 18. The number of hydrogen-bond donors (Lipinski definition) is 2. The average Bonchev–Trinajstić information content (AvgIpc) is 1.90. The van der Waals surface area contributed by atoms with Gasteiger partial charge in [-0.25, -0.2) is 0 Å². The van der Waals surface area contributed by atoms with Crippen molar-refractivity contribution in [1.82, 2.24) is 9.97 Å². The maximum Gasteiger partial charge on any atom is 0.162 e. The molecule has 10 heteroatoms. The molecule has 2 N–H and O–H groups in total. The van der Waals surface area contributed by atoms with Crippen LogP contribution in [0.5, 0.6) is 0 Å². The summed E-state index contributed by atoms with van der Waals surface area (Å²) in [5.41, 5.74) is 18.4. The number of aryl methyl sites for hydroxylation is 8. The van der Waals surface area contributed by atoms with E-state index in [4.69, 9.17) is 4.98 Å². The van der Waals surface area contributed by atoms with Gasteiger partial charge in [-0.15, -0.1) is 92.5 Å². The molecule has 0 amide bonds. The molecule has 0 atom stereocenters. The second-order valence-corrected chi connectivity index (χ2v) is 26.2. The van der Waals surface area contributed by atoms with E-state index < -0.39 is 0 Å². The van der Waals surface area contributed by atoms with Crippen LogP contribution in [-0.4, -0.2) is 31.7 Å². The largest absolute Gasteiger partial charge is 0.512 e. The molecule has 6 nitrogen and oxygen atoms in total. The van der Waals surface area contributed by atoms with Crippen LogP contribution < -0.4 is 0 Å². The number of hydrogen-bond acceptors (Lipinski definition) is 8. The first-order chi connectivity index (χ1) is 39.8. The third kappa shape index (κ3) is 21.0. The zero-order valence-electron chi connectivity index (χ0n) is 54.9. The first-order valence-electron chi connectivity index (χ1n) is 30.7. The van der Waals surface area contributed by atoms with Crippen LogP contribution in [0, 0.1) is 91.2 Å². The predicted octanol–water partition coefficient (Wildman–Crippen LogP) is 22.4. The Bertz CT molecular complexity index is 3380. The van der Waals surface area contributed by atoms with Crippen molar-refractivity contribution in [3.8, 4) is 43.4 Å². The van der Waals surface area contributed by atoms with Gasteiger partial charge in [0.25, 0.3) is 0 Å². The molecule has 2 radical (unpaired) electrons. The fraction of sp³-hybridized carbons (Fsp3) is 0.421. The van der Waals surface area contributed by atoms with Crippen LogP contribution in [0.15, 0.2) is 115 Å². The summed E-state index contributed by atoms with van der Waals surface area (Å²) >= 11 is 3.63. The molecule has 0 bridgehead atoms. The number of thiophene rings is 2. The van der Waals surface area contributed by atoms with Gasteiger partial charge in [-0.05, 0) is 147 Å². The standard InChI is InChI=1S/C27H28NS.C23H20NS.2C13H24O2.2Ir/c1-16-8-17(2)10-20(9-16)23-13-21-14-24(29-25(21)15-28-23)26-18(3)11-22(12-19(26)4)27(5,6)7;1-14-5-15(2)8-18(7-14)21-11-20-12-22(25-23(20)13-24-21)19-9-16(3)6-17(4)10-19;2*1-5-10(6-2)12(14)9-13(15)11(7-3)8-4;;/h8-9,11-15H,1-7H3;5-7,9-13H,1-4H3;2*9-11,14H,5-8H2,1-4H3;;/q2*-1;;;;. The van der Waals surface area contributed by atoms with Crippen LogP contribution in [0.2, 0.25) is 0 Å².